The molecule has 0 aliphatic rings. The molecule has 10 aromatic rings. The molecule has 0 aliphatic heterocycles. The van der Waals surface area contributed by atoms with E-state index in [1.807, 2.05) is 0 Å². The van der Waals surface area contributed by atoms with Crippen LogP contribution >= 0.6 is 0 Å². The van der Waals surface area contributed by atoms with Gasteiger partial charge < -0.3 is 4.42 Å². The maximum absolute atomic E-state index is 6.70. The fraction of sp³-hybridized carbons (Fsp3) is 0. The quantitative estimate of drug-likeness (QED) is 0.183. The molecule has 0 unspecified atom stereocenters. The molecular formula is C46H28N2O. The van der Waals surface area contributed by atoms with Crippen molar-refractivity contribution in [2.24, 2.45) is 0 Å². The third-order valence-corrected chi connectivity index (χ3v) is 9.74. The summed E-state index contributed by atoms with van der Waals surface area (Å²) in [7, 11) is 0. The van der Waals surface area contributed by atoms with Crippen LogP contribution in [0.5, 0.6) is 0 Å². The minimum absolute atomic E-state index is 0.883. The molecule has 3 heteroatoms. The molecule has 0 saturated carbocycles. The van der Waals surface area contributed by atoms with Gasteiger partial charge >= 0.3 is 0 Å². The molecule has 3 nitrogen and oxygen atoms in total. The van der Waals surface area contributed by atoms with Crippen molar-refractivity contribution in [2.75, 3.05) is 0 Å². The van der Waals surface area contributed by atoms with Gasteiger partial charge in [0.05, 0.1) is 11.0 Å². The second kappa shape index (κ2) is 11.0. The Morgan fingerprint density at radius 1 is 0.327 bits per heavy atom. The first-order valence-electron chi connectivity index (χ1n) is 16.6. The Labute approximate surface area is 282 Å². The van der Waals surface area contributed by atoms with Crippen molar-refractivity contribution in [3.05, 3.63) is 170 Å². The zero-order valence-corrected chi connectivity index (χ0v) is 26.5. The number of furan rings is 1. The Bertz CT molecular complexity index is 2840. The number of nitrogens with zero attached hydrogens (tertiary/aromatic N) is 2. The molecule has 0 bridgehead atoms. The van der Waals surface area contributed by atoms with Crippen molar-refractivity contribution in [2.45, 2.75) is 0 Å². The molecule has 0 amide bonds. The van der Waals surface area contributed by atoms with Crippen LogP contribution in [-0.2, 0) is 0 Å². The number of rotatable bonds is 4. The standard InChI is InChI=1S/C46H28N2O/c1-3-10-29(11-4-1)32-19-21-43-41(26-32)42-28-35(30-12-5-2-6-13-30)27-39(46(42)49-43)34-15-9-14-31(24-34)33-18-20-38-40(25-33)36-16-7-8-17-37(36)44-45(38)48-23-22-47-44/h1-28H. The number of aromatic nitrogens is 2. The highest BCUT2D eigenvalue weighted by molar-refractivity contribution is 6.23. The van der Waals surface area contributed by atoms with E-state index in [-0.39, 0.29) is 0 Å². The molecule has 0 aliphatic carbocycles. The normalized spacial score (nSPS) is 11.7. The zero-order valence-electron chi connectivity index (χ0n) is 26.5. The first-order valence-corrected chi connectivity index (χ1v) is 16.6. The lowest BCUT2D eigenvalue weighted by Gasteiger charge is -2.12. The summed E-state index contributed by atoms with van der Waals surface area (Å²) in [4.78, 5) is 9.45. The van der Waals surface area contributed by atoms with E-state index < -0.39 is 0 Å². The number of benzene rings is 8. The largest absolute Gasteiger partial charge is 0.455 e. The molecule has 10 rings (SSSR count). The maximum atomic E-state index is 6.70. The van der Waals surface area contributed by atoms with Crippen molar-refractivity contribution < 1.29 is 4.42 Å². The Balaban J connectivity index is 1.18. The SMILES string of the molecule is c1ccc(-c2ccc3oc4c(-c5cccc(-c6ccc7c(c6)c6ccccc6c6nccnc76)c5)cc(-c5ccccc5)cc4c3c2)cc1. The predicted octanol–water partition coefficient (Wildman–Crippen LogP) is 12.5. The minimum atomic E-state index is 0.883. The summed E-state index contributed by atoms with van der Waals surface area (Å²) in [6, 6.07) is 56.2. The van der Waals surface area contributed by atoms with E-state index in [1.165, 1.54) is 27.5 Å². The molecule has 0 saturated heterocycles. The van der Waals surface area contributed by atoms with Crippen LogP contribution in [-0.4, -0.2) is 9.97 Å². The number of fused-ring (bicyclic) bond motifs is 9. The smallest absolute Gasteiger partial charge is 0.143 e. The molecule has 8 aromatic carbocycles. The van der Waals surface area contributed by atoms with E-state index in [0.717, 1.165) is 71.6 Å². The molecule has 228 valence electrons. The molecule has 2 aromatic heterocycles. The van der Waals surface area contributed by atoms with Crippen LogP contribution in [0.15, 0.2) is 175 Å². The zero-order chi connectivity index (χ0) is 32.3. The average Bonchev–Trinajstić information content (AvgIpc) is 3.56. The fourth-order valence-corrected chi connectivity index (χ4v) is 7.38. The number of hydrogen-bond acceptors (Lipinski definition) is 3. The van der Waals surface area contributed by atoms with Crippen LogP contribution in [0.25, 0.3) is 99.0 Å². The van der Waals surface area contributed by atoms with E-state index in [0.29, 0.717) is 0 Å². The summed E-state index contributed by atoms with van der Waals surface area (Å²) in [6.07, 6.45) is 3.55. The van der Waals surface area contributed by atoms with Crippen molar-refractivity contribution in [1.29, 1.82) is 0 Å². The van der Waals surface area contributed by atoms with Crippen molar-refractivity contribution in [3.8, 4) is 44.5 Å². The van der Waals surface area contributed by atoms with Gasteiger partial charge in [0.15, 0.2) is 0 Å². The second-order valence-corrected chi connectivity index (χ2v) is 12.6. The lowest BCUT2D eigenvalue weighted by atomic mass is 9.92. The number of hydrogen-bond donors (Lipinski definition) is 0. The molecule has 0 atom stereocenters. The van der Waals surface area contributed by atoms with E-state index in [1.54, 1.807) is 12.4 Å². The molecule has 49 heavy (non-hydrogen) atoms. The van der Waals surface area contributed by atoms with Gasteiger partial charge in [-0.3, -0.25) is 9.97 Å². The van der Waals surface area contributed by atoms with E-state index >= 15 is 0 Å². The average molecular weight is 625 g/mol. The molecule has 0 radical (unpaired) electrons. The van der Waals surface area contributed by atoms with E-state index in [4.69, 9.17) is 14.4 Å². The monoisotopic (exact) mass is 624 g/mol. The Hall–Kier alpha value is -6.58. The Morgan fingerprint density at radius 3 is 1.65 bits per heavy atom. The van der Waals surface area contributed by atoms with E-state index in [2.05, 4.69) is 158 Å². The fourth-order valence-electron chi connectivity index (χ4n) is 7.38. The summed E-state index contributed by atoms with van der Waals surface area (Å²) >= 11 is 0. The van der Waals surface area contributed by atoms with Gasteiger partial charge in [0.1, 0.15) is 11.2 Å². The first-order chi connectivity index (χ1) is 24.3. The molecular weight excluding hydrogens is 597 g/mol. The summed E-state index contributed by atoms with van der Waals surface area (Å²) in [5.41, 5.74) is 12.8. The Kier molecular flexibility index (Phi) is 6.18. The Morgan fingerprint density at radius 2 is 0.878 bits per heavy atom. The molecule has 0 N–H and O–H groups in total. The van der Waals surface area contributed by atoms with Crippen LogP contribution in [0.3, 0.4) is 0 Å². The van der Waals surface area contributed by atoms with Gasteiger partial charge in [0.25, 0.3) is 0 Å². The highest BCUT2D eigenvalue weighted by Gasteiger charge is 2.17. The van der Waals surface area contributed by atoms with Gasteiger partial charge in [-0.2, -0.15) is 0 Å². The van der Waals surface area contributed by atoms with Gasteiger partial charge in [0.2, 0.25) is 0 Å². The van der Waals surface area contributed by atoms with Crippen LogP contribution in [0.1, 0.15) is 0 Å². The lowest BCUT2D eigenvalue weighted by Crippen LogP contribution is -1.89. The van der Waals surface area contributed by atoms with Crippen LogP contribution in [0.4, 0.5) is 0 Å². The van der Waals surface area contributed by atoms with Crippen LogP contribution in [0.2, 0.25) is 0 Å². The van der Waals surface area contributed by atoms with Crippen molar-refractivity contribution >= 4 is 54.5 Å². The van der Waals surface area contributed by atoms with Gasteiger partial charge in [-0.15, -0.1) is 0 Å². The maximum Gasteiger partial charge on any atom is 0.143 e. The molecule has 2 heterocycles. The van der Waals surface area contributed by atoms with Gasteiger partial charge in [-0.25, -0.2) is 0 Å². The van der Waals surface area contributed by atoms with Crippen molar-refractivity contribution in [3.63, 3.8) is 0 Å². The van der Waals surface area contributed by atoms with Crippen LogP contribution < -0.4 is 0 Å². The lowest BCUT2D eigenvalue weighted by molar-refractivity contribution is 0.670. The molecule has 0 spiro atoms. The molecule has 0 fully saturated rings. The predicted molar refractivity (Wildman–Crippen MR) is 204 cm³/mol. The highest BCUT2D eigenvalue weighted by Crippen LogP contribution is 2.42. The van der Waals surface area contributed by atoms with Gasteiger partial charge in [-0.05, 0) is 86.1 Å². The third kappa shape index (κ3) is 4.51. The van der Waals surface area contributed by atoms with Gasteiger partial charge in [-0.1, -0.05) is 121 Å². The third-order valence-electron chi connectivity index (χ3n) is 9.74. The topological polar surface area (TPSA) is 38.9 Å². The summed E-state index contributed by atoms with van der Waals surface area (Å²) in [5, 5.41) is 6.80. The van der Waals surface area contributed by atoms with Crippen molar-refractivity contribution in [1.82, 2.24) is 9.97 Å². The minimum Gasteiger partial charge on any atom is -0.455 e. The summed E-state index contributed by atoms with van der Waals surface area (Å²) in [5.74, 6) is 0. The summed E-state index contributed by atoms with van der Waals surface area (Å²) < 4.78 is 6.70. The van der Waals surface area contributed by atoms with E-state index in [9.17, 15) is 0 Å². The summed E-state index contributed by atoms with van der Waals surface area (Å²) in [6.45, 7) is 0. The van der Waals surface area contributed by atoms with Crippen LogP contribution in [0, 0.1) is 0 Å². The first kappa shape index (κ1) is 27.5. The second-order valence-electron chi connectivity index (χ2n) is 12.6. The van der Waals surface area contributed by atoms with Gasteiger partial charge in [0, 0.05) is 39.5 Å². The highest BCUT2D eigenvalue weighted by atomic mass is 16.3.